The number of nitrogens with one attached hydrogen (secondary N) is 2. The number of benzene rings is 1. The lowest BCUT2D eigenvalue weighted by Crippen LogP contribution is -2.44. The molecule has 0 bridgehead atoms. The normalized spacial score (nSPS) is 23.1. The van der Waals surface area contributed by atoms with Gasteiger partial charge in [-0.25, -0.2) is 22.8 Å². The molecule has 2 aliphatic heterocycles. The quantitative estimate of drug-likeness (QED) is 0.484. The van der Waals surface area contributed by atoms with Crippen molar-refractivity contribution in [2.75, 3.05) is 17.9 Å². The second-order valence-electron chi connectivity index (χ2n) is 8.70. The lowest BCUT2D eigenvalue weighted by molar-refractivity contribution is -0.192. The Balaban J connectivity index is 1.48. The maximum atomic E-state index is 15.2. The van der Waals surface area contributed by atoms with Gasteiger partial charge in [-0.05, 0) is 31.0 Å². The molecule has 5 rings (SSSR count). The van der Waals surface area contributed by atoms with Crippen LogP contribution in [0.5, 0.6) is 5.75 Å². The Morgan fingerprint density at radius 3 is 2.67 bits per heavy atom. The van der Waals surface area contributed by atoms with E-state index in [0.717, 1.165) is 18.5 Å². The van der Waals surface area contributed by atoms with Crippen LogP contribution in [0.2, 0.25) is 0 Å². The summed E-state index contributed by atoms with van der Waals surface area (Å²) in [4.78, 5) is 8.76. The first-order valence-electron chi connectivity index (χ1n) is 11.2. The van der Waals surface area contributed by atoms with Gasteiger partial charge in [0.15, 0.2) is 0 Å². The zero-order valence-corrected chi connectivity index (χ0v) is 19.6. The zero-order valence-electron chi connectivity index (χ0n) is 18.7. The summed E-state index contributed by atoms with van der Waals surface area (Å²) in [6.07, 6.45) is -0.241. The second-order valence-corrected chi connectivity index (χ2v) is 10.4. The van der Waals surface area contributed by atoms with Gasteiger partial charge < -0.3 is 4.74 Å². The number of piperidine rings is 1. The maximum absolute atomic E-state index is 15.2. The van der Waals surface area contributed by atoms with Gasteiger partial charge in [0.2, 0.25) is 0 Å². The Kier molecular flexibility index (Phi) is 6.32. The van der Waals surface area contributed by atoms with Crippen molar-refractivity contribution in [3.8, 4) is 5.75 Å². The molecule has 2 N–H and O–H groups in total. The molecule has 2 aliphatic rings. The molecule has 1 saturated heterocycles. The number of halogens is 4. The molecule has 3 aromatic rings. The summed E-state index contributed by atoms with van der Waals surface area (Å²) in [6.45, 7) is 0.311. The standard InChI is InChI=1S/C22H22F4N6O3S/c23-15-10-14-17(32-7-3-13(22(24,25)26)9-18(32)16-1-6-29-30-16)4-8-35-19(14)11-20(15)36(33,34)31-21-2-5-27-12-28-21/h1-2,5-6,10-13,17-18H,3-4,7-9H2,(H,29,30)(H,27,28,31)/t13-,17-,18+/m0/s1. The van der Waals surface area contributed by atoms with Gasteiger partial charge in [0.1, 0.15) is 28.6 Å². The fourth-order valence-corrected chi connectivity index (χ4v) is 5.96. The van der Waals surface area contributed by atoms with Gasteiger partial charge in [-0.15, -0.1) is 0 Å². The van der Waals surface area contributed by atoms with Crippen LogP contribution >= 0.6 is 0 Å². The number of alkyl halides is 3. The van der Waals surface area contributed by atoms with Crippen molar-refractivity contribution in [3.05, 3.63) is 60.1 Å². The van der Waals surface area contributed by atoms with E-state index >= 15 is 4.39 Å². The van der Waals surface area contributed by atoms with E-state index in [4.69, 9.17) is 4.74 Å². The van der Waals surface area contributed by atoms with Crippen LogP contribution in [0.1, 0.15) is 42.6 Å². The number of sulfonamides is 1. The number of rotatable bonds is 5. The van der Waals surface area contributed by atoms with E-state index in [0.29, 0.717) is 17.7 Å². The molecule has 4 heterocycles. The predicted octanol–water partition coefficient (Wildman–Crippen LogP) is 3.98. The Bertz CT molecular complexity index is 1320. The van der Waals surface area contributed by atoms with Crippen molar-refractivity contribution >= 4 is 15.8 Å². The van der Waals surface area contributed by atoms with E-state index in [9.17, 15) is 21.6 Å². The number of nitrogens with zero attached hydrogens (tertiary/aromatic N) is 4. The number of aromatic amines is 1. The van der Waals surface area contributed by atoms with Gasteiger partial charge in [-0.3, -0.25) is 14.7 Å². The van der Waals surface area contributed by atoms with E-state index in [-0.39, 0.29) is 37.6 Å². The summed E-state index contributed by atoms with van der Waals surface area (Å²) in [5, 5.41) is 6.67. The molecule has 3 atom stereocenters. The number of likely N-dealkylation sites (tertiary alicyclic amines) is 1. The molecule has 0 radical (unpaired) electrons. The topological polar surface area (TPSA) is 113 Å². The number of ether oxygens (including phenoxy) is 1. The highest BCUT2D eigenvalue weighted by molar-refractivity contribution is 7.92. The molecule has 36 heavy (non-hydrogen) atoms. The van der Waals surface area contributed by atoms with Crippen LogP contribution in [0, 0.1) is 11.7 Å². The molecule has 0 spiro atoms. The monoisotopic (exact) mass is 526 g/mol. The minimum absolute atomic E-state index is 0.0316. The Morgan fingerprint density at radius 2 is 1.97 bits per heavy atom. The van der Waals surface area contributed by atoms with Crippen molar-refractivity contribution in [1.29, 1.82) is 0 Å². The van der Waals surface area contributed by atoms with Crippen molar-refractivity contribution in [3.63, 3.8) is 0 Å². The van der Waals surface area contributed by atoms with E-state index in [1.165, 1.54) is 18.5 Å². The molecule has 0 saturated carbocycles. The van der Waals surface area contributed by atoms with Crippen LogP contribution < -0.4 is 9.46 Å². The van der Waals surface area contributed by atoms with E-state index < -0.39 is 44.9 Å². The summed E-state index contributed by atoms with van der Waals surface area (Å²) < 4.78 is 89.4. The first-order valence-corrected chi connectivity index (χ1v) is 12.7. The number of anilines is 1. The Labute approximate surface area is 204 Å². The van der Waals surface area contributed by atoms with Gasteiger partial charge >= 0.3 is 6.18 Å². The molecule has 192 valence electrons. The number of fused-ring (bicyclic) bond motifs is 1. The van der Waals surface area contributed by atoms with Gasteiger partial charge in [0, 0.05) is 43.0 Å². The molecule has 1 aromatic carbocycles. The summed E-state index contributed by atoms with van der Waals surface area (Å²) in [5.74, 6) is -2.35. The average Bonchev–Trinajstić information content (AvgIpc) is 3.38. The highest BCUT2D eigenvalue weighted by atomic mass is 32.2. The summed E-state index contributed by atoms with van der Waals surface area (Å²) in [7, 11) is -4.34. The maximum Gasteiger partial charge on any atom is 0.391 e. The lowest BCUT2D eigenvalue weighted by Gasteiger charge is -2.45. The van der Waals surface area contributed by atoms with Crippen LogP contribution in [0.25, 0.3) is 0 Å². The summed E-state index contributed by atoms with van der Waals surface area (Å²) in [5.41, 5.74) is 0.917. The Morgan fingerprint density at radius 1 is 1.14 bits per heavy atom. The summed E-state index contributed by atoms with van der Waals surface area (Å²) in [6, 6.07) is 4.04. The largest absolute Gasteiger partial charge is 0.493 e. The van der Waals surface area contributed by atoms with Gasteiger partial charge in [-0.2, -0.15) is 18.3 Å². The zero-order chi connectivity index (χ0) is 25.5. The second kappa shape index (κ2) is 9.32. The third-order valence-electron chi connectivity index (χ3n) is 6.57. The Hall–Kier alpha value is -3.26. The molecule has 0 amide bonds. The van der Waals surface area contributed by atoms with Crippen molar-refractivity contribution in [2.45, 2.75) is 42.4 Å². The highest BCUT2D eigenvalue weighted by Crippen LogP contribution is 2.48. The first kappa shape index (κ1) is 24.4. The molecular formula is C22H22F4N6O3S. The third kappa shape index (κ3) is 4.74. The lowest BCUT2D eigenvalue weighted by atomic mass is 9.85. The van der Waals surface area contributed by atoms with Crippen LogP contribution in [0.4, 0.5) is 23.4 Å². The van der Waals surface area contributed by atoms with Crippen molar-refractivity contribution in [2.24, 2.45) is 5.92 Å². The molecule has 2 aromatic heterocycles. The molecular weight excluding hydrogens is 504 g/mol. The number of hydrogen-bond acceptors (Lipinski definition) is 7. The minimum Gasteiger partial charge on any atom is -0.493 e. The van der Waals surface area contributed by atoms with Gasteiger partial charge in [0.05, 0.1) is 24.3 Å². The number of hydrogen-bond donors (Lipinski definition) is 2. The van der Waals surface area contributed by atoms with Crippen molar-refractivity contribution < 1.29 is 30.7 Å². The van der Waals surface area contributed by atoms with E-state index in [1.54, 1.807) is 6.07 Å². The number of aromatic nitrogens is 4. The molecule has 0 aliphatic carbocycles. The van der Waals surface area contributed by atoms with Crippen LogP contribution in [0.3, 0.4) is 0 Å². The minimum atomic E-state index is -4.34. The number of H-pyrrole nitrogens is 1. The van der Waals surface area contributed by atoms with Gasteiger partial charge in [0.25, 0.3) is 10.0 Å². The van der Waals surface area contributed by atoms with Crippen LogP contribution in [0.15, 0.2) is 47.9 Å². The van der Waals surface area contributed by atoms with E-state index in [1.807, 2.05) is 4.90 Å². The molecule has 14 heteroatoms. The molecule has 1 fully saturated rings. The van der Waals surface area contributed by atoms with Crippen LogP contribution in [-0.4, -0.2) is 52.8 Å². The van der Waals surface area contributed by atoms with Gasteiger partial charge in [-0.1, -0.05) is 0 Å². The molecule has 0 unspecified atom stereocenters. The SMILES string of the molecule is O=S(=O)(Nc1ccncn1)c1cc2c(cc1F)[C@@H](N1CC[C@H](C(F)(F)F)C[C@@H]1c1ccn[nH]1)CCO2. The van der Waals surface area contributed by atoms with Crippen molar-refractivity contribution in [1.82, 2.24) is 25.1 Å². The van der Waals surface area contributed by atoms with E-state index in [2.05, 4.69) is 24.9 Å². The first-order chi connectivity index (χ1) is 17.1. The predicted molar refractivity (Wildman–Crippen MR) is 119 cm³/mol. The highest BCUT2D eigenvalue weighted by Gasteiger charge is 2.47. The fourth-order valence-electron chi connectivity index (χ4n) is 4.88. The average molecular weight is 527 g/mol. The fraction of sp³-hybridized carbons (Fsp3) is 0.409. The van der Waals surface area contributed by atoms with Crippen LogP contribution in [-0.2, 0) is 10.0 Å². The smallest absolute Gasteiger partial charge is 0.391 e. The molecule has 9 nitrogen and oxygen atoms in total. The third-order valence-corrected chi connectivity index (χ3v) is 7.94. The summed E-state index contributed by atoms with van der Waals surface area (Å²) >= 11 is 0.